The van der Waals surface area contributed by atoms with Gasteiger partial charge in [0.05, 0.1) is 27.0 Å². The van der Waals surface area contributed by atoms with Crippen LogP contribution in [0.2, 0.25) is 0 Å². The number of furan rings is 1. The van der Waals surface area contributed by atoms with E-state index in [1.165, 1.54) is 0 Å². The molecule has 0 aliphatic carbocycles. The van der Waals surface area contributed by atoms with Crippen LogP contribution in [0.1, 0.15) is 40.4 Å². The highest BCUT2D eigenvalue weighted by Crippen LogP contribution is 2.39. The van der Waals surface area contributed by atoms with Gasteiger partial charge in [0.1, 0.15) is 18.1 Å². The molecule has 7 heteroatoms. The molecule has 1 amide bonds. The molecule has 0 radical (unpaired) electrons. The summed E-state index contributed by atoms with van der Waals surface area (Å²) in [5.41, 5.74) is 5.32. The van der Waals surface area contributed by atoms with Crippen molar-refractivity contribution >= 4 is 16.8 Å². The van der Waals surface area contributed by atoms with Gasteiger partial charge >= 0.3 is 0 Å². The average molecular weight is 601 g/mol. The summed E-state index contributed by atoms with van der Waals surface area (Å²) in [5, 5.41) is 4.13. The van der Waals surface area contributed by atoms with Crippen molar-refractivity contribution in [2.45, 2.75) is 32.0 Å². The summed E-state index contributed by atoms with van der Waals surface area (Å²) in [6, 6.07) is 36.1. The molecule has 0 saturated heterocycles. The highest BCUT2D eigenvalue weighted by atomic mass is 16.5. The van der Waals surface area contributed by atoms with Crippen LogP contribution < -0.4 is 19.5 Å². The van der Waals surface area contributed by atoms with Gasteiger partial charge in [-0.1, -0.05) is 66.7 Å². The molecule has 1 N–H and O–H groups in total. The summed E-state index contributed by atoms with van der Waals surface area (Å²) in [7, 11) is 3.31. The van der Waals surface area contributed by atoms with Crippen LogP contribution >= 0.6 is 0 Å². The first kappa shape index (κ1) is 29.6. The average Bonchev–Trinajstić information content (AvgIpc) is 3.74. The Morgan fingerprint density at radius 1 is 0.822 bits per heavy atom. The van der Waals surface area contributed by atoms with E-state index in [4.69, 9.17) is 18.6 Å². The summed E-state index contributed by atoms with van der Waals surface area (Å²) >= 11 is 0. The number of amides is 1. The maximum absolute atomic E-state index is 13.5. The second-order valence-corrected chi connectivity index (χ2v) is 10.9. The minimum atomic E-state index is -0.256. The van der Waals surface area contributed by atoms with Crippen molar-refractivity contribution in [3.05, 3.63) is 150 Å². The third-order valence-electron chi connectivity index (χ3n) is 7.96. The van der Waals surface area contributed by atoms with E-state index < -0.39 is 0 Å². The summed E-state index contributed by atoms with van der Waals surface area (Å²) in [6.07, 6.45) is 4.02. The van der Waals surface area contributed by atoms with Gasteiger partial charge < -0.3 is 28.5 Å². The predicted molar refractivity (Wildman–Crippen MR) is 175 cm³/mol. The van der Waals surface area contributed by atoms with Crippen LogP contribution in [0.4, 0.5) is 0 Å². The van der Waals surface area contributed by atoms with Gasteiger partial charge in [-0.2, -0.15) is 0 Å². The lowest BCUT2D eigenvalue weighted by Crippen LogP contribution is -2.24. The fourth-order valence-corrected chi connectivity index (χ4v) is 5.63. The maximum Gasteiger partial charge on any atom is 0.221 e. The number of nitrogens with one attached hydrogen (secondary N) is 1. The van der Waals surface area contributed by atoms with Crippen molar-refractivity contribution in [1.82, 2.24) is 9.88 Å². The molecule has 0 saturated carbocycles. The predicted octanol–water partition coefficient (Wildman–Crippen LogP) is 7.72. The third-order valence-corrected chi connectivity index (χ3v) is 7.96. The van der Waals surface area contributed by atoms with E-state index in [1.807, 2.05) is 84.9 Å². The Hall–Kier alpha value is -5.43. The van der Waals surface area contributed by atoms with Crippen molar-refractivity contribution in [2.75, 3.05) is 14.2 Å². The number of carbonyl (C=O) groups is 1. The molecule has 0 aliphatic heterocycles. The summed E-state index contributed by atoms with van der Waals surface area (Å²) in [6.45, 7) is 1.40. The second-order valence-electron chi connectivity index (χ2n) is 10.9. The number of carbonyl (C=O) groups excluding carboxylic acids is 1. The molecule has 0 bridgehead atoms. The molecule has 0 aliphatic rings. The summed E-state index contributed by atoms with van der Waals surface area (Å²) < 4.78 is 25.0. The van der Waals surface area contributed by atoms with Crippen LogP contribution in [-0.4, -0.2) is 24.7 Å². The van der Waals surface area contributed by atoms with Crippen LogP contribution in [0.25, 0.3) is 10.9 Å². The molecule has 0 unspecified atom stereocenters. The summed E-state index contributed by atoms with van der Waals surface area (Å²) in [5.74, 6) is 2.46. The highest BCUT2D eigenvalue weighted by Gasteiger charge is 2.24. The molecule has 45 heavy (non-hydrogen) atoms. The fraction of sp³-hybridized carbons (Fsp3) is 0.184. The molecule has 0 fully saturated rings. The van der Waals surface area contributed by atoms with Gasteiger partial charge in [-0.05, 0) is 64.7 Å². The van der Waals surface area contributed by atoms with E-state index in [0.29, 0.717) is 37.0 Å². The van der Waals surface area contributed by atoms with E-state index in [-0.39, 0.29) is 18.2 Å². The number of fused-ring (bicyclic) bond motifs is 1. The van der Waals surface area contributed by atoms with Crippen molar-refractivity contribution in [3.63, 3.8) is 0 Å². The number of aromatic nitrogens is 1. The number of methoxy groups -OCH3 is 2. The zero-order chi connectivity index (χ0) is 31.0. The lowest BCUT2D eigenvalue weighted by atomic mass is 9.87. The third kappa shape index (κ3) is 7.04. The van der Waals surface area contributed by atoms with Crippen LogP contribution in [0.5, 0.6) is 17.2 Å². The molecule has 2 heterocycles. The first-order valence-electron chi connectivity index (χ1n) is 15.0. The van der Waals surface area contributed by atoms with Crippen molar-refractivity contribution < 1.29 is 23.4 Å². The van der Waals surface area contributed by atoms with Gasteiger partial charge in [-0.15, -0.1) is 0 Å². The first-order valence-corrected chi connectivity index (χ1v) is 15.0. The molecule has 0 spiro atoms. The molecule has 4 aromatic carbocycles. The Kier molecular flexibility index (Phi) is 9.16. The molecule has 6 rings (SSSR count). The zero-order valence-corrected chi connectivity index (χ0v) is 25.4. The number of ether oxygens (including phenoxy) is 3. The number of nitrogens with zero attached hydrogens (tertiary/aromatic N) is 1. The Bertz CT molecular complexity index is 1840. The summed E-state index contributed by atoms with van der Waals surface area (Å²) in [4.78, 5) is 13.5. The van der Waals surface area contributed by atoms with E-state index >= 15 is 0 Å². The molecule has 228 valence electrons. The van der Waals surface area contributed by atoms with Gasteiger partial charge in [0, 0.05) is 36.0 Å². The first-order chi connectivity index (χ1) is 22.1. The Balaban J connectivity index is 1.37. The SMILES string of the molecule is COc1ccc(Cn2cc([C@@H](CC(=O)NCc3ccco3)c3ccc(OC)c(OCc4ccccc4)c3)c3ccccc32)cc1. The van der Waals surface area contributed by atoms with Gasteiger partial charge in [0.2, 0.25) is 5.91 Å². The smallest absolute Gasteiger partial charge is 0.221 e. The number of para-hydroxylation sites is 1. The molecule has 7 nitrogen and oxygen atoms in total. The molecule has 2 aromatic heterocycles. The minimum absolute atomic E-state index is 0.0778. The largest absolute Gasteiger partial charge is 0.497 e. The monoisotopic (exact) mass is 600 g/mol. The Morgan fingerprint density at radius 2 is 1.62 bits per heavy atom. The van der Waals surface area contributed by atoms with Gasteiger partial charge in [0.25, 0.3) is 0 Å². The lowest BCUT2D eigenvalue weighted by Gasteiger charge is -2.20. The normalized spacial score (nSPS) is 11.7. The minimum Gasteiger partial charge on any atom is -0.497 e. The van der Waals surface area contributed by atoms with Crippen LogP contribution in [0.3, 0.4) is 0 Å². The molecule has 6 aromatic rings. The number of hydrogen-bond acceptors (Lipinski definition) is 5. The van der Waals surface area contributed by atoms with Crippen LogP contribution in [0, 0.1) is 0 Å². The fourth-order valence-electron chi connectivity index (χ4n) is 5.63. The van der Waals surface area contributed by atoms with E-state index in [0.717, 1.165) is 38.9 Å². The topological polar surface area (TPSA) is 74.9 Å². The quantitative estimate of drug-likeness (QED) is 0.147. The van der Waals surface area contributed by atoms with E-state index in [2.05, 4.69) is 40.3 Å². The van der Waals surface area contributed by atoms with Crippen molar-refractivity contribution in [1.29, 1.82) is 0 Å². The Labute approximate surface area is 263 Å². The standard InChI is InChI=1S/C38H36N2O5/c1-42-30-17-14-27(15-18-30)24-40-25-34(32-12-6-7-13-35(32)40)33(22-38(41)39-23-31-11-8-20-44-31)29-16-19-36(43-2)37(21-29)45-26-28-9-4-3-5-10-28/h3-21,25,33H,22-24,26H2,1-2H3,(H,39,41)/t33-/m0/s1. The van der Waals surface area contributed by atoms with Gasteiger partial charge in [-0.3, -0.25) is 4.79 Å². The second kappa shape index (κ2) is 13.9. The maximum atomic E-state index is 13.5. The highest BCUT2D eigenvalue weighted by molar-refractivity contribution is 5.87. The van der Waals surface area contributed by atoms with Crippen molar-refractivity contribution in [2.24, 2.45) is 0 Å². The number of benzene rings is 4. The van der Waals surface area contributed by atoms with E-state index in [9.17, 15) is 4.79 Å². The Morgan fingerprint density at radius 3 is 2.38 bits per heavy atom. The zero-order valence-electron chi connectivity index (χ0n) is 25.4. The van der Waals surface area contributed by atoms with E-state index in [1.54, 1.807) is 20.5 Å². The molecular formula is C38H36N2O5. The lowest BCUT2D eigenvalue weighted by molar-refractivity contribution is -0.121. The van der Waals surface area contributed by atoms with Gasteiger partial charge in [0.15, 0.2) is 11.5 Å². The van der Waals surface area contributed by atoms with Gasteiger partial charge in [-0.25, -0.2) is 0 Å². The van der Waals surface area contributed by atoms with Crippen LogP contribution in [0.15, 0.2) is 126 Å². The van der Waals surface area contributed by atoms with Crippen LogP contribution in [-0.2, 0) is 24.5 Å². The molecule has 1 atom stereocenters. The molecular weight excluding hydrogens is 564 g/mol. The number of rotatable bonds is 13. The van der Waals surface area contributed by atoms with Crippen molar-refractivity contribution in [3.8, 4) is 17.2 Å². The number of hydrogen-bond donors (Lipinski definition) is 1.